The molecule has 4 rings (SSSR count). The van der Waals surface area contributed by atoms with E-state index in [1.807, 2.05) is 78.9 Å². The highest BCUT2D eigenvalue weighted by Crippen LogP contribution is 2.29. The van der Waals surface area contributed by atoms with Gasteiger partial charge in [-0.05, 0) is 28.8 Å². The van der Waals surface area contributed by atoms with Crippen molar-refractivity contribution in [3.8, 4) is 16.9 Å². The van der Waals surface area contributed by atoms with Crippen molar-refractivity contribution in [2.45, 2.75) is 6.61 Å². The quantitative estimate of drug-likeness (QED) is 0.525. The van der Waals surface area contributed by atoms with Gasteiger partial charge in [0.2, 0.25) is 0 Å². The molecule has 0 atom stereocenters. The first-order valence-corrected chi connectivity index (χ1v) is 8.89. The van der Waals surface area contributed by atoms with Crippen molar-refractivity contribution in [2.75, 3.05) is 0 Å². The number of imide groups is 1. The van der Waals surface area contributed by atoms with Crippen LogP contribution in [0.3, 0.4) is 0 Å². The van der Waals surface area contributed by atoms with Crippen LogP contribution < -0.4 is 15.4 Å². The third-order valence-electron chi connectivity index (χ3n) is 4.38. The second kappa shape index (κ2) is 7.80. The van der Waals surface area contributed by atoms with E-state index in [9.17, 15) is 9.59 Å². The van der Waals surface area contributed by atoms with E-state index >= 15 is 0 Å². The molecule has 0 radical (unpaired) electrons. The maximum atomic E-state index is 11.9. The highest BCUT2D eigenvalue weighted by Gasteiger charge is 2.23. The molecule has 1 aliphatic rings. The van der Waals surface area contributed by atoms with Gasteiger partial charge in [0, 0.05) is 5.56 Å². The molecule has 3 amide bonds. The van der Waals surface area contributed by atoms with Gasteiger partial charge < -0.3 is 10.1 Å². The molecule has 1 aliphatic heterocycles. The highest BCUT2D eigenvalue weighted by molar-refractivity contribution is 6.14. The second-order valence-corrected chi connectivity index (χ2v) is 6.36. The number of urea groups is 1. The van der Waals surface area contributed by atoms with Crippen LogP contribution in [0, 0.1) is 0 Å². The molecule has 0 aromatic heterocycles. The van der Waals surface area contributed by atoms with Gasteiger partial charge in [-0.1, -0.05) is 72.8 Å². The maximum Gasteiger partial charge on any atom is 0.326 e. The zero-order valence-electron chi connectivity index (χ0n) is 15.0. The molecule has 3 aromatic rings. The molecule has 3 aromatic carbocycles. The number of hydrogen-bond acceptors (Lipinski definition) is 3. The summed E-state index contributed by atoms with van der Waals surface area (Å²) in [5.41, 5.74) is 4.02. The Morgan fingerprint density at radius 3 is 2.18 bits per heavy atom. The number of rotatable bonds is 5. The summed E-state index contributed by atoms with van der Waals surface area (Å²) >= 11 is 0. The Kier molecular flexibility index (Phi) is 4.89. The number of benzene rings is 3. The predicted molar refractivity (Wildman–Crippen MR) is 107 cm³/mol. The van der Waals surface area contributed by atoms with Gasteiger partial charge in [0.15, 0.2) is 0 Å². The van der Waals surface area contributed by atoms with Gasteiger partial charge in [-0.25, -0.2) is 4.79 Å². The lowest BCUT2D eigenvalue weighted by Gasteiger charge is -2.12. The first-order valence-electron chi connectivity index (χ1n) is 8.89. The van der Waals surface area contributed by atoms with Crippen molar-refractivity contribution in [1.29, 1.82) is 0 Å². The molecule has 0 bridgehead atoms. The third kappa shape index (κ3) is 3.94. The van der Waals surface area contributed by atoms with Crippen LogP contribution in [0.1, 0.15) is 11.1 Å². The lowest BCUT2D eigenvalue weighted by atomic mass is 10.0. The number of ether oxygens (including phenoxy) is 1. The molecular weight excluding hydrogens is 352 g/mol. The number of nitrogens with one attached hydrogen (secondary N) is 2. The summed E-state index contributed by atoms with van der Waals surface area (Å²) in [6.45, 7) is 0.397. The third-order valence-corrected chi connectivity index (χ3v) is 4.38. The monoisotopic (exact) mass is 370 g/mol. The average Bonchev–Trinajstić information content (AvgIpc) is 3.05. The van der Waals surface area contributed by atoms with Crippen molar-refractivity contribution in [3.05, 3.63) is 95.7 Å². The van der Waals surface area contributed by atoms with Gasteiger partial charge >= 0.3 is 6.03 Å². The molecule has 1 saturated heterocycles. The molecule has 5 heteroatoms. The Hall–Kier alpha value is -3.86. The molecule has 1 heterocycles. The summed E-state index contributed by atoms with van der Waals surface area (Å²) in [7, 11) is 0. The normalized spacial score (nSPS) is 14.6. The highest BCUT2D eigenvalue weighted by atomic mass is 16.5. The van der Waals surface area contributed by atoms with E-state index in [4.69, 9.17) is 4.74 Å². The molecule has 138 valence electrons. The van der Waals surface area contributed by atoms with Gasteiger partial charge in [-0.2, -0.15) is 0 Å². The zero-order chi connectivity index (χ0) is 19.3. The first-order chi connectivity index (χ1) is 13.7. The smallest absolute Gasteiger partial charge is 0.326 e. The lowest BCUT2D eigenvalue weighted by Crippen LogP contribution is -2.22. The summed E-state index contributed by atoms with van der Waals surface area (Å²) in [6.07, 6.45) is 1.62. The van der Waals surface area contributed by atoms with E-state index in [1.165, 1.54) is 0 Å². The Morgan fingerprint density at radius 2 is 1.50 bits per heavy atom. The van der Waals surface area contributed by atoms with Crippen LogP contribution in [0.15, 0.2) is 84.6 Å². The molecule has 5 nitrogen and oxygen atoms in total. The minimum atomic E-state index is -0.524. The molecule has 28 heavy (non-hydrogen) atoms. The summed E-state index contributed by atoms with van der Waals surface area (Å²) < 4.78 is 6.07. The largest absolute Gasteiger partial charge is 0.488 e. The van der Waals surface area contributed by atoms with Crippen molar-refractivity contribution in [3.63, 3.8) is 0 Å². The van der Waals surface area contributed by atoms with Crippen LogP contribution in [-0.2, 0) is 11.4 Å². The SMILES string of the molecule is O=C1NC(=O)/C(=C\c2ccc(-c3ccccc3)cc2OCc2ccccc2)N1. The molecule has 2 N–H and O–H groups in total. The maximum absolute atomic E-state index is 11.9. The summed E-state index contributed by atoms with van der Waals surface area (Å²) in [6, 6.07) is 25.1. The number of amides is 3. The van der Waals surface area contributed by atoms with Gasteiger partial charge in [0.05, 0.1) is 0 Å². The Morgan fingerprint density at radius 1 is 0.786 bits per heavy atom. The van der Waals surface area contributed by atoms with Crippen LogP contribution in [0.2, 0.25) is 0 Å². The van der Waals surface area contributed by atoms with Crippen molar-refractivity contribution >= 4 is 18.0 Å². The average molecular weight is 370 g/mol. The number of hydrogen-bond donors (Lipinski definition) is 2. The minimum absolute atomic E-state index is 0.196. The Labute approximate surface area is 162 Å². The minimum Gasteiger partial charge on any atom is -0.488 e. The van der Waals surface area contributed by atoms with E-state index in [2.05, 4.69) is 10.6 Å². The molecule has 1 fully saturated rings. The zero-order valence-corrected chi connectivity index (χ0v) is 15.0. The van der Waals surface area contributed by atoms with Crippen LogP contribution in [0.5, 0.6) is 5.75 Å². The van der Waals surface area contributed by atoms with Gasteiger partial charge in [0.25, 0.3) is 5.91 Å². The molecule has 0 spiro atoms. The van der Waals surface area contributed by atoms with E-state index in [-0.39, 0.29) is 5.70 Å². The summed E-state index contributed by atoms with van der Waals surface area (Å²) in [5, 5.41) is 4.71. The van der Waals surface area contributed by atoms with E-state index in [1.54, 1.807) is 6.08 Å². The van der Waals surface area contributed by atoms with Gasteiger partial charge in [-0.3, -0.25) is 10.1 Å². The van der Waals surface area contributed by atoms with Crippen molar-refractivity contribution < 1.29 is 14.3 Å². The van der Waals surface area contributed by atoms with Crippen LogP contribution in [-0.4, -0.2) is 11.9 Å². The van der Waals surface area contributed by atoms with Gasteiger partial charge in [-0.15, -0.1) is 0 Å². The second-order valence-electron chi connectivity index (χ2n) is 6.36. The lowest BCUT2D eigenvalue weighted by molar-refractivity contribution is -0.115. The van der Waals surface area contributed by atoms with E-state index in [0.717, 1.165) is 16.7 Å². The fraction of sp³-hybridized carbons (Fsp3) is 0.0435. The molecule has 0 aliphatic carbocycles. The van der Waals surface area contributed by atoms with Crippen LogP contribution in [0.25, 0.3) is 17.2 Å². The van der Waals surface area contributed by atoms with Crippen LogP contribution >= 0.6 is 0 Å². The van der Waals surface area contributed by atoms with Crippen molar-refractivity contribution in [2.24, 2.45) is 0 Å². The summed E-state index contributed by atoms with van der Waals surface area (Å²) in [5.74, 6) is 0.179. The van der Waals surface area contributed by atoms with E-state index < -0.39 is 11.9 Å². The van der Waals surface area contributed by atoms with E-state index in [0.29, 0.717) is 17.9 Å². The van der Waals surface area contributed by atoms with Crippen LogP contribution in [0.4, 0.5) is 4.79 Å². The standard InChI is InChI=1S/C23H18N2O3/c26-22-20(24-23(27)25-22)13-19-12-11-18(17-9-5-2-6-10-17)14-21(19)28-15-16-7-3-1-4-8-16/h1-14H,15H2,(H2,24,25,26,27)/b20-13+. The van der Waals surface area contributed by atoms with Gasteiger partial charge in [0.1, 0.15) is 18.1 Å². The molecule has 0 saturated carbocycles. The first kappa shape index (κ1) is 17.5. The number of carbonyl (C=O) groups is 2. The fourth-order valence-electron chi connectivity index (χ4n) is 2.96. The molecular formula is C23H18N2O3. The topological polar surface area (TPSA) is 67.4 Å². The number of carbonyl (C=O) groups excluding carboxylic acids is 2. The molecule has 0 unspecified atom stereocenters. The summed E-state index contributed by atoms with van der Waals surface area (Å²) in [4.78, 5) is 23.2. The van der Waals surface area contributed by atoms with Crippen molar-refractivity contribution in [1.82, 2.24) is 10.6 Å². The Balaban J connectivity index is 1.69. The predicted octanol–water partition coefficient (Wildman–Crippen LogP) is 4.11. The fourth-order valence-corrected chi connectivity index (χ4v) is 2.96. The Bertz CT molecular complexity index is 1040.